The quantitative estimate of drug-likeness (QED) is 0.533. The molecule has 2 N–H and O–H groups in total. The smallest absolute Gasteiger partial charge is 0.270 e. The Hall–Kier alpha value is -3.51. The van der Waals surface area contributed by atoms with Crippen LogP contribution in [0, 0.1) is 12.7 Å². The van der Waals surface area contributed by atoms with Crippen molar-refractivity contribution < 1.29 is 23.8 Å². The molecule has 1 aliphatic rings. The van der Waals surface area contributed by atoms with E-state index in [0.29, 0.717) is 43.1 Å². The largest absolute Gasteiger partial charge is 0.494 e. The summed E-state index contributed by atoms with van der Waals surface area (Å²) in [7, 11) is 1.38. The zero-order chi connectivity index (χ0) is 23.4. The van der Waals surface area contributed by atoms with E-state index in [0.717, 1.165) is 0 Å². The molecule has 2 aromatic heterocycles. The molecule has 1 aliphatic heterocycles. The topological polar surface area (TPSA) is 137 Å². The first-order chi connectivity index (χ1) is 15.9. The Morgan fingerprint density at radius 2 is 2.18 bits per heavy atom. The predicted octanol–water partition coefficient (Wildman–Crippen LogP) is 1.06. The third-order valence-electron chi connectivity index (χ3n) is 5.13. The van der Waals surface area contributed by atoms with Gasteiger partial charge in [0.1, 0.15) is 17.2 Å². The lowest BCUT2D eigenvalue weighted by Gasteiger charge is -2.25. The van der Waals surface area contributed by atoms with E-state index in [-0.39, 0.29) is 29.9 Å². The number of rotatable bonds is 7. The van der Waals surface area contributed by atoms with E-state index in [2.05, 4.69) is 30.7 Å². The van der Waals surface area contributed by atoms with Gasteiger partial charge in [0.05, 0.1) is 32.5 Å². The molecule has 11 nitrogen and oxygen atoms in total. The molecule has 2 atom stereocenters. The number of tetrazole rings is 1. The molecule has 0 unspecified atom stereocenters. The maximum absolute atomic E-state index is 13.6. The Labute approximate surface area is 189 Å². The lowest BCUT2D eigenvalue weighted by Crippen LogP contribution is -2.32. The number of aliphatic hydroxyl groups is 1. The number of benzene rings is 1. The van der Waals surface area contributed by atoms with Gasteiger partial charge in [-0.05, 0) is 48.7 Å². The van der Waals surface area contributed by atoms with E-state index in [1.807, 2.05) is 0 Å². The van der Waals surface area contributed by atoms with Crippen LogP contribution in [0.3, 0.4) is 0 Å². The monoisotopic (exact) mass is 457 g/mol. The molecule has 1 saturated heterocycles. The molecule has 0 bridgehead atoms. The molecule has 3 heterocycles. The molecule has 4 rings (SSSR count). The highest BCUT2D eigenvalue weighted by Gasteiger charge is 2.22. The Bertz CT molecular complexity index is 1130. The number of amides is 1. The van der Waals surface area contributed by atoms with Gasteiger partial charge in [-0.2, -0.15) is 4.80 Å². The minimum atomic E-state index is -0.475. The average Bonchev–Trinajstić information content (AvgIpc) is 3.28. The third-order valence-corrected chi connectivity index (χ3v) is 5.13. The lowest BCUT2D eigenvalue weighted by atomic mass is 10.1. The number of aryl methyl sites for hydroxylation is 1. The molecule has 1 aromatic carbocycles. The van der Waals surface area contributed by atoms with E-state index >= 15 is 0 Å². The van der Waals surface area contributed by atoms with Gasteiger partial charge in [0.2, 0.25) is 5.82 Å². The summed E-state index contributed by atoms with van der Waals surface area (Å²) in [6.45, 7) is 2.52. The highest BCUT2D eigenvalue weighted by molar-refractivity contribution is 5.93. The van der Waals surface area contributed by atoms with Crippen molar-refractivity contribution in [3.63, 3.8) is 0 Å². The summed E-state index contributed by atoms with van der Waals surface area (Å²) in [5.41, 5.74) is 1.18. The van der Waals surface area contributed by atoms with Crippen molar-refractivity contribution in [3.8, 4) is 17.3 Å². The van der Waals surface area contributed by atoms with Crippen LogP contribution in [-0.4, -0.2) is 67.1 Å². The summed E-state index contributed by atoms with van der Waals surface area (Å²) in [5.74, 6) is -0.162. The second-order valence-electron chi connectivity index (χ2n) is 7.69. The van der Waals surface area contributed by atoms with Crippen molar-refractivity contribution in [2.75, 3.05) is 13.7 Å². The minimum Gasteiger partial charge on any atom is -0.494 e. The summed E-state index contributed by atoms with van der Waals surface area (Å²) in [4.78, 5) is 22.6. The van der Waals surface area contributed by atoms with Crippen LogP contribution < -0.4 is 10.1 Å². The number of aliphatic hydroxyl groups excluding tert-OH is 1. The highest BCUT2D eigenvalue weighted by atomic mass is 19.1. The highest BCUT2D eigenvalue weighted by Crippen LogP contribution is 2.19. The summed E-state index contributed by atoms with van der Waals surface area (Å²) in [6.07, 6.45) is 0.836. The number of halogens is 1. The Morgan fingerprint density at radius 3 is 2.94 bits per heavy atom. The van der Waals surface area contributed by atoms with Gasteiger partial charge >= 0.3 is 0 Å². The molecule has 0 radical (unpaired) electrons. The fourth-order valence-electron chi connectivity index (χ4n) is 3.43. The van der Waals surface area contributed by atoms with Gasteiger partial charge in [-0.25, -0.2) is 14.4 Å². The van der Waals surface area contributed by atoms with Gasteiger partial charge in [0, 0.05) is 6.54 Å². The number of nitrogens with zero attached hydrogens (tertiary/aromatic N) is 6. The Balaban J connectivity index is 1.43. The fourth-order valence-corrected chi connectivity index (χ4v) is 3.43. The summed E-state index contributed by atoms with van der Waals surface area (Å²) in [6, 6.07) is 5.85. The number of carbonyl (C=O) groups is 1. The molecule has 0 spiro atoms. The molecule has 1 amide bonds. The number of hydrogen-bond donors (Lipinski definition) is 2. The summed E-state index contributed by atoms with van der Waals surface area (Å²) >= 11 is 0. The molecule has 0 saturated carbocycles. The Kier molecular flexibility index (Phi) is 6.84. The van der Waals surface area contributed by atoms with Crippen molar-refractivity contribution in [1.82, 2.24) is 35.5 Å². The van der Waals surface area contributed by atoms with Crippen LogP contribution >= 0.6 is 0 Å². The van der Waals surface area contributed by atoms with Crippen molar-refractivity contribution in [2.45, 2.75) is 45.1 Å². The molecular weight excluding hydrogens is 433 g/mol. The molecule has 3 aromatic rings. The minimum absolute atomic E-state index is 0.103. The maximum atomic E-state index is 13.6. The predicted molar refractivity (Wildman–Crippen MR) is 113 cm³/mol. The first-order valence-electron chi connectivity index (χ1n) is 10.5. The van der Waals surface area contributed by atoms with Crippen LogP contribution in [-0.2, 0) is 17.8 Å². The fraction of sp³-hybridized carbons (Fsp3) is 0.429. The van der Waals surface area contributed by atoms with Gasteiger partial charge in [0.25, 0.3) is 5.91 Å². The zero-order valence-electron chi connectivity index (χ0n) is 18.2. The number of aromatic nitrogens is 6. The average molecular weight is 457 g/mol. The van der Waals surface area contributed by atoms with Crippen LogP contribution in [0.1, 0.15) is 34.7 Å². The summed E-state index contributed by atoms with van der Waals surface area (Å²) in [5, 5.41) is 24.7. The van der Waals surface area contributed by atoms with Crippen molar-refractivity contribution >= 4 is 5.91 Å². The van der Waals surface area contributed by atoms with Gasteiger partial charge in [0.15, 0.2) is 11.6 Å². The van der Waals surface area contributed by atoms with Crippen molar-refractivity contribution in [1.29, 1.82) is 0 Å². The van der Waals surface area contributed by atoms with Crippen LogP contribution in [0.4, 0.5) is 4.39 Å². The first kappa shape index (κ1) is 22.7. The molecule has 0 aliphatic carbocycles. The Morgan fingerprint density at radius 1 is 1.33 bits per heavy atom. The standard InChI is InChI=1S/C21H24FN7O4/c1-12-24-17(20-26-28-29(27-20)10-15-5-4-14(30)11-33-15)8-18(25-12)21(31)23-9-13-3-6-16(22)19(7-13)32-2/h3,6-8,14-15,30H,4-5,9-11H2,1-2H3,(H,23,31)/t14-,15+/m1/s1. The van der Waals surface area contributed by atoms with Gasteiger partial charge in [-0.1, -0.05) is 6.07 Å². The van der Waals surface area contributed by atoms with E-state index in [4.69, 9.17) is 9.47 Å². The van der Waals surface area contributed by atoms with E-state index < -0.39 is 17.8 Å². The van der Waals surface area contributed by atoms with E-state index in [9.17, 15) is 14.3 Å². The third kappa shape index (κ3) is 5.65. The van der Waals surface area contributed by atoms with Crippen LogP contribution in [0.15, 0.2) is 24.3 Å². The number of methoxy groups -OCH3 is 1. The van der Waals surface area contributed by atoms with Crippen LogP contribution in [0.5, 0.6) is 5.75 Å². The number of nitrogens with one attached hydrogen (secondary N) is 1. The molecular formula is C21H24FN7O4. The van der Waals surface area contributed by atoms with E-state index in [1.54, 1.807) is 13.0 Å². The second-order valence-corrected chi connectivity index (χ2v) is 7.69. The second kappa shape index (κ2) is 9.96. The maximum Gasteiger partial charge on any atom is 0.270 e. The molecule has 174 valence electrons. The first-order valence-corrected chi connectivity index (χ1v) is 10.5. The summed E-state index contributed by atoms with van der Waals surface area (Å²) < 4.78 is 24.1. The number of ether oxygens (including phenoxy) is 2. The van der Waals surface area contributed by atoms with Crippen LogP contribution in [0.25, 0.3) is 11.5 Å². The van der Waals surface area contributed by atoms with E-state index in [1.165, 1.54) is 30.1 Å². The molecule has 12 heteroatoms. The SMILES string of the molecule is COc1cc(CNC(=O)c2cc(-c3nnn(C[C@@H]4CC[C@@H](O)CO4)n3)nc(C)n2)ccc1F. The number of carbonyl (C=O) groups excluding carboxylic acids is 1. The lowest BCUT2D eigenvalue weighted by molar-refractivity contribution is -0.0636. The van der Waals surface area contributed by atoms with Crippen LogP contribution in [0.2, 0.25) is 0 Å². The van der Waals surface area contributed by atoms with Gasteiger partial charge in [-0.3, -0.25) is 4.79 Å². The van der Waals surface area contributed by atoms with Gasteiger partial charge < -0.3 is 19.9 Å². The normalized spacial score (nSPS) is 18.2. The van der Waals surface area contributed by atoms with Crippen molar-refractivity contribution in [3.05, 3.63) is 47.2 Å². The number of hydrogen-bond acceptors (Lipinski definition) is 9. The van der Waals surface area contributed by atoms with Crippen molar-refractivity contribution in [2.24, 2.45) is 0 Å². The molecule has 1 fully saturated rings. The molecule has 33 heavy (non-hydrogen) atoms. The zero-order valence-corrected chi connectivity index (χ0v) is 18.2. The van der Waals surface area contributed by atoms with Gasteiger partial charge in [-0.15, -0.1) is 10.2 Å².